The summed E-state index contributed by atoms with van der Waals surface area (Å²) in [5, 5.41) is 13.0. The molecule has 2 aromatic carbocycles. The van der Waals surface area contributed by atoms with E-state index in [4.69, 9.17) is 23.2 Å². The van der Waals surface area contributed by atoms with E-state index in [0.29, 0.717) is 27.6 Å². The maximum Gasteiger partial charge on any atom is 0.234 e. The number of carbonyl (C=O) groups excluding carboxylic acids is 1. The highest BCUT2D eigenvalue weighted by Gasteiger charge is 2.16. The Bertz CT molecular complexity index is 1070. The van der Waals surface area contributed by atoms with E-state index < -0.39 is 0 Å². The van der Waals surface area contributed by atoms with Crippen LogP contribution in [-0.4, -0.2) is 26.4 Å². The number of aromatic nitrogens is 3. The Morgan fingerprint density at radius 3 is 2.72 bits per heavy atom. The van der Waals surface area contributed by atoms with Crippen molar-refractivity contribution in [1.82, 2.24) is 14.8 Å². The molecule has 0 fully saturated rings. The molecule has 0 unspecified atom stereocenters. The minimum absolute atomic E-state index is 0.121. The van der Waals surface area contributed by atoms with Gasteiger partial charge in [0.1, 0.15) is 0 Å². The van der Waals surface area contributed by atoms with E-state index >= 15 is 0 Å². The van der Waals surface area contributed by atoms with E-state index in [0.717, 1.165) is 21.3 Å². The Hall–Kier alpha value is -1.80. The lowest BCUT2D eigenvalue weighted by Crippen LogP contribution is -2.15. The van der Waals surface area contributed by atoms with Crippen molar-refractivity contribution >= 4 is 62.5 Å². The second-order valence-corrected chi connectivity index (χ2v) is 8.80. The summed E-state index contributed by atoms with van der Waals surface area (Å²) in [5.74, 6) is 0.714. The normalized spacial score (nSPS) is 10.8. The van der Waals surface area contributed by atoms with E-state index in [1.165, 1.54) is 11.8 Å². The van der Waals surface area contributed by atoms with Gasteiger partial charge >= 0.3 is 0 Å². The first-order valence-corrected chi connectivity index (χ1v) is 11.1. The molecule has 3 rings (SSSR count). The molecule has 0 atom stereocenters. The molecule has 1 N–H and O–H groups in total. The van der Waals surface area contributed by atoms with Gasteiger partial charge in [-0.3, -0.25) is 9.36 Å². The van der Waals surface area contributed by atoms with Gasteiger partial charge in [0.05, 0.1) is 15.8 Å². The summed E-state index contributed by atoms with van der Waals surface area (Å²) in [5.41, 5.74) is 2.55. The Kier molecular flexibility index (Phi) is 7.40. The average molecular weight is 512 g/mol. The first-order valence-electron chi connectivity index (χ1n) is 8.57. The van der Waals surface area contributed by atoms with Gasteiger partial charge in [-0.25, -0.2) is 0 Å². The van der Waals surface area contributed by atoms with Gasteiger partial charge in [0.2, 0.25) is 5.91 Å². The third-order valence-electron chi connectivity index (χ3n) is 4.00. The molecule has 0 radical (unpaired) electrons. The van der Waals surface area contributed by atoms with E-state index in [1.807, 2.05) is 35.8 Å². The zero-order chi connectivity index (χ0) is 21.0. The Balaban J connectivity index is 1.75. The molecule has 5 nitrogen and oxygen atoms in total. The van der Waals surface area contributed by atoms with Gasteiger partial charge in [-0.15, -0.1) is 16.8 Å². The van der Waals surface area contributed by atoms with Crippen LogP contribution in [0.25, 0.3) is 11.4 Å². The van der Waals surface area contributed by atoms with Crippen LogP contribution in [0.3, 0.4) is 0 Å². The smallest absolute Gasteiger partial charge is 0.234 e. The lowest BCUT2D eigenvalue weighted by atomic mass is 10.2. The number of rotatable bonds is 7. The third-order valence-corrected chi connectivity index (χ3v) is 6.20. The maximum absolute atomic E-state index is 12.4. The minimum atomic E-state index is -0.121. The van der Waals surface area contributed by atoms with Gasteiger partial charge in [0.15, 0.2) is 11.0 Å². The number of halogens is 3. The molecule has 0 saturated heterocycles. The van der Waals surface area contributed by atoms with Crippen molar-refractivity contribution in [3.63, 3.8) is 0 Å². The van der Waals surface area contributed by atoms with Gasteiger partial charge in [0, 0.05) is 22.3 Å². The van der Waals surface area contributed by atoms with Crippen molar-refractivity contribution in [2.75, 3.05) is 11.1 Å². The van der Waals surface area contributed by atoms with Crippen molar-refractivity contribution in [3.05, 3.63) is 69.1 Å². The molecule has 29 heavy (non-hydrogen) atoms. The minimum Gasteiger partial charge on any atom is -0.325 e. The molecule has 9 heteroatoms. The zero-order valence-corrected chi connectivity index (χ0v) is 19.4. The fourth-order valence-electron chi connectivity index (χ4n) is 2.62. The SMILES string of the molecule is C=CCn1c(SCC(=O)Nc2ccc(Br)cc2C)nnc1-c1ccc(Cl)c(Cl)c1. The van der Waals surface area contributed by atoms with Crippen molar-refractivity contribution < 1.29 is 4.79 Å². The van der Waals surface area contributed by atoms with Crippen LogP contribution < -0.4 is 5.32 Å². The first kappa shape index (κ1) is 21.9. The van der Waals surface area contributed by atoms with Crippen LogP contribution in [0.4, 0.5) is 5.69 Å². The van der Waals surface area contributed by atoms with Crippen molar-refractivity contribution in [3.8, 4) is 11.4 Å². The molecule has 0 aliphatic heterocycles. The molecule has 1 aromatic heterocycles. The van der Waals surface area contributed by atoms with Crippen LogP contribution in [-0.2, 0) is 11.3 Å². The summed E-state index contributed by atoms with van der Waals surface area (Å²) >= 11 is 16.9. The van der Waals surface area contributed by atoms with Crippen molar-refractivity contribution in [2.24, 2.45) is 0 Å². The van der Waals surface area contributed by atoms with Crippen LogP contribution >= 0.6 is 50.9 Å². The Morgan fingerprint density at radius 1 is 1.24 bits per heavy atom. The molecule has 0 aliphatic rings. The molecule has 1 heterocycles. The van der Waals surface area contributed by atoms with Gasteiger partial charge in [0.25, 0.3) is 0 Å². The number of hydrogen-bond donors (Lipinski definition) is 1. The number of carbonyl (C=O) groups is 1. The fraction of sp³-hybridized carbons (Fsp3) is 0.150. The summed E-state index contributed by atoms with van der Waals surface area (Å²) in [6.45, 7) is 6.24. The van der Waals surface area contributed by atoms with Crippen molar-refractivity contribution in [1.29, 1.82) is 0 Å². The van der Waals surface area contributed by atoms with Crippen LogP contribution in [0.5, 0.6) is 0 Å². The Morgan fingerprint density at radius 2 is 2.03 bits per heavy atom. The lowest BCUT2D eigenvalue weighted by molar-refractivity contribution is -0.113. The highest BCUT2D eigenvalue weighted by atomic mass is 79.9. The van der Waals surface area contributed by atoms with Gasteiger partial charge in [-0.05, 0) is 48.9 Å². The molecule has 0 aliphatic carbocycles. The summed E-state index contributed by atoms with van der Waals surface area (Å²) < 4.78 is 2.85. The average Bonchev–Trinajstić information content (AvgIpc) is 3.07. The Labute approximate surface area is 191 Å². The highest BCUT2D eigenvalue weighted by molar-refractivity contribution is 9.10. The number of anilines is 1. The fourth-order valence-corrected chi connectivity index (χ4v) is 4.14. The second-order valence-electron chi connectivity index (χ2n) is 6.13. The van der Waals surface area contributed by atoms with E-state index in [1.54, 1.807) is 18.2 Å². The standard InChI is InChI=1S/C20H17BrCl2N4OS/c1-3-8-27-19(13-4-6-15(22)16(23)10-13)25-26-20(27)29-11-18(28)24-17-7-5-14(21)9-12(17)2/h3-7,9-10H,1,8,11H2,2H3,(H,24,28). The number of amides is 1. The van der Waals surface area contributed by atoms with Crippen LogP contribution in [0, 0.1) is 6.92 Å². The van der Waals surface area contributed by atoms with Gasteiger partial charge in [-0.2, -0.15) is 0 Å². The van der Waals surface area contributed by atoms with E-state index in [9.17, 15) is 4.79 Å². The second kappa shape index (κ2) is 9.80. The summed E-state index contributed by atoms with van der Waals surface area (Å²) in [4.78, 5) is 12.4. The first-order chi connectivity index (χ1) is 13.9. The quantitative estimate of drug-likeness (QED) is 0.301. The summed E-state index contributed by atoms with van der Waals surface area (Å²) in [6.07, 6.45) is 1.75. The molecular weight excluding hydrogens is 495 g/mol. The zero-order valence-electron chi connectivity index (χ0n) is 15.5. The molecule has 3 aromatic rings. The van der Waals surface area contributed by atoms with Crippen LogP contribution in [0.15, 0.2) is 58.7 Å². The predicted octanol–water partition coefficient (Wildman–Crippen LogP) is 6.24. The predicted molar refractivity (Wildman–Crippen MR) is 124 cm³/mol. The maximum atomic E-state index is 12.4. The molecule has 0 bridgehead atoms. The van der Waals surface area contributed by atoms with Crippen LogP contribution in [0.2, 0.25) is 10.0 Å². The number of aryl methyl sites for hydroxylation is 1. The number of hydrogen-bond acceptors (Lipinski definition) is 4. The number of nitrogens with zero attached hydrogens (tertiary/aromatic N) is 3. The molecule has 0 spiro atoms. The van der Waals surface area contributed by atoms with Gasteiger partial charge < -0.3 is 5.32 Å². The number of nitrogens with one attached hydrogen (secondary N) is 1. The number of benzene rings is 2. The number of allylic oxidation sites excluding steroid dienone is 1. The highest BCUT2D eigenvalue weighted by Crippen LogP contribution is 2.30. The van der Waals surface area contributed by atoms with E-state index in [-0.39, 0.29) is 11.7 Å². The summed E-state index contributed by atoms with van der Waals surface area (Å²) in [7, 11) is 0. The van der Waals surface area contributed by atoms with Crippen molar-refractivity contribution in [2.45, 2.75) is 18.6 Å². The summed E-state index contributed by atoms with van der Waals surface area (Å²) in [6, 6.07) is 11.0. The van der Waals surface area contributed by atoms with Crippen LogP contribution in [0.1, 0.15) is 5.56 Å². The largest absolute Gasteiger partial charge is 0.325 e. The van der Waals surface area contributed by atoms with E-state index in [2.05, 4.69) is 38.0 Å². The molecule has 1 amide bonds. The molecule has 150 valence electrons. The van der Waals surface area contributed by atoms with Gasteiger partial charge in [-0.1, -0.05) is 57.0 Å². The number of thioether (sulfide) groups is 1. The third kappa shape index (κ3) is 5.42. The topological polar surface area (TPSA) is 59.8 Å². The monoisotopic (exact) mass is 510 g/mol. The molecule has 0 saturated carbocycles. The molecular formula is C20H17BrCl2N4OS. The lowest BCUT2D eigenvalue weighted by Gasteiger charge is -2.10.